The first kappa shape index (κ1) is 26.7. The summed E-state index contributed by atoms with van der Waals surface area (Å²) in [6, 6.07) is 1.61. The van der Waals surface area contributed by atoms with Crippen molar-refractivity contribution < 1.29 is 59.5 Å². The maximum atomic E-state index is 12.4. The van der Waals surface area contributed by atoms with Gasteiger partial charge in [0, 0.05) is 5.57 Å². The van der Waals surface area contributed by atoms with Crippen molar-refractivity contribution >= 4 is 11.9 Å². The number of hydrogen-bond acceptors (Lipinski definition) is 12. The lowest BCUT2D eigenvalue weighted by Gasteiger charge is -2.39. The van der Waals surface area contributed by atoms with Crippen LogP contribution < -0.4 is 0 Å². The number of allylic oxidation sites excluding steroid dienone is 1. The molecule has 7 N–H and O–H groups in total. The Morgan fingerprint density at radius 1 is 1.03 bits per heavy atom. The van der Waals surface area contributed by atoms with Gasteiger partial charge >= 0.3 is 11.9 Å². The molecule has 1 fully saturated rings. The van der Waals surface area contributed by atoms with Crippen LogP contribution >= 0.6 is 0 Å². The molecule has 0 radical (unpaired) electrons. The molecule has 0 aromatic heterocycles. The van der Waals surface area contributed by atoms with Crippen LogP contribution in [0.25, 0.3) is 0 Å². The fourth-order valence-electron chi connectivity index (χ4n) is 3.96. The van der Waals surface area contributed by atoms with E-state index in [-0.39, 0.29) is 5.92 Å². The fourth-order valence-corrected chi connectivity index (χ4v) is 3.96. The first-order valence-corrected chi connectivity index (χ1v) is 11.0. The molecule has 2 aliphatic rings. The summed E-state index contributed by atoms with van der Waals surface area (Å²) in [6.45, 7) is 2.88. The number of ether oxygens (including phenoxy) is 3. The van der Waals surface area contributed by atoms with E-state index in [0.29, 0.717) is 24.8 Å². The zero-order valence-corrected chi connectivity index (χ0v) is 19.2. The van der Waals surface area contributed by atoms with Crippen LogP contribution in [0.3, 0.4) is 0 Å². The third-order valence-electron chi connectivity index (χ3n) is 6.25. The minimum atomic E-state index is -1.86. The van der Waals surface area contributed by atoms with E-state index in [0.717, 1.165) is 12.1 Å². The summed E-state index contributed by atoms with van der Waals surface area (Å²) in [5, 5.41) is 69.1. The van der Waals surface area contributed by atoms with Crippen LogP contribution in [0.4, 0.5) is 0 Å². The normalized spacial score (nSPS) is 29.3. The predicted octanol–water partition coefficient (Wildman–Crippen LogP) is -0.192. The van der Waals surface area contributed by atoms with Crippen molar-refractivity contribution in [3.05, 3.63) is 29.3 Å². The molecule has 194 valence electrons. The van der Waals surface area contributed by atoms with E-state index >= 15 is 0 Å². The van der Waals surface area contributed by atoms with Crippen LogP contribution in [0.5, 0.6) is 17.2 Å². The Morgan fingerprint density at radius 3 is 2.20 bits per heavy atom. The number of phenols is 3. The Labute approximate surface area is 200 Å². The van der Waals surface area contributed by atoms with E-state index in [1.54, 1.807) is 19.9 Å². The number of aromatic hydroxyl groups is 3. The van der Waals surface area contributed by atoms with Crippen LogP contribution in [0.1, 0.15) is 43.5 Å². The van der Waals surface area contributed by atoms with Crippen LogP contribution in [0.2, 0.25) is 0 Å². The van der Waals surface area contributed by atoms with Crippen LogP contribution in [0, 0.1) is 5.92 Å². The van der Waals surface area contributed by atoms with Gasteiger partial charge in [-0.2, -0.15) is 0 Å². The van der Waals surface area contributed by atoms with Gasteiger partial charge in [-0.05, 0) is 51.2 Å². The standard InChI is InChI=1S/C23H30O12/c1-23(2,32)12-5-3-10(4-6-12)20(30)33-9-15-17(27)18(28)19(29)22(34-15)35-21(31)11-7-13(24)16(26)14(25)8-11/h3,7-8,12,15,17-19,22,24-29,32H,4-6,9H2,1-2H3/t12-,15+,17+,18-,19+,22-/m0/s1. The van der Waals surface area contributed by atoms with Crippen molar-refractivity contribution in [2.45, 2.75) is 69.4 Å². The van der Waals surface area contributed by atoms with E-state index in [4.69, 9.17) is 14.2 Å². The number of phenolic OH excluding ortho intramolecular Hbond substituents is 3. The maximum Gasteiger partial charge on any atom is 0.340 e. The first-order valence-electron chi connectivity index (χ1n) is 11.0. The molecule has 0 unspecified atom stereocenters. The van der Waals surface area contributed by atoms with E-state index in [1.807, 2.05) is 0 Å². The molecule has 0 saturated carbocycles. The molecule has 1 aromatic carbocycles. The predicted molar refractivity (Wildman–Crippen MR) is 116 cm³/mol. The van der Waals surface area contributed by atoms with Gasteiger partial charge in [0.2, 0.25) is 6.29 Å². The molecule has 1 saturated heterocycles. The highest BCUT2D eigenvalue weighted by atomic mass is 16.7. The number of esters is 2. The van der Waals surface area contributed by atoms with Crippen LogP contribution in [-0.4, -0.2) is 90.6 Å². The first-order chi connectivity index (χ1) is 16.3. The maximum absolute atomic E-state index is 12.4. The van der Waals surface area contributed by atoms with Gasteiger partial charge in [-0.1, -0.05) is 6.08 Å². The summed E-state index contributed by atoms with van der Waals surface area (Å²) < 4.78 is 15.5. The second-order valence-corrected chi connectivity index (χ2v) is 9.24. The third-order valence-corrected chi connectivity index (χ3v) is 6.25. The number of hydrogen-bond donors (Lipinski definition) is 7. The fraction of sp³-hybridized carbons (Fsp3) is 0.565. The van der Waals surface area contributed by atoms with Gasteiger partial charge in [0.1, 0.15) is 31.0 Å². The number of carbonyl (C=O) groups excluding carboxylic acids is 2. The second-order valence-electron chi connectivity index (χ2n) is 9.24. The molecule has 0 bridgehead atoms. The SMILES string of the molecule is CC(C)(O)[C@H]1CC=C(C(=O)OC[C@H]2O[C@@H](OC(=O)c3cc(O)c(O)c(O)c3)[C@H](O)[C@@H](O)[C@@H]2O)CC1. The Balaban J connectivity index is 1.62. The number of rotatable bonds is 6. The van der Waals surface area contributed by atoms with E-state index < -0.39 is 77.7 Å². The summed E-state index contributed by atoms with van der Waals surface area (Å²) in [5.74, 6) is -4.31. The van der Waals surface area contributed by atoms with Crippen LogP contribution in [0.15, 0.2) is 23.8 Å². The number of carbonyl (C=O) groups is 2. The summed E-state index contributed by atoms with van der Waals surface area (Å²) in [6.07, 6.45) is -5.36. The molecular weight excluding hydrogens is 468 g/mol. The smallest absolute Gasteiger partial charge is 0.340 e. The van der Waals surface area contributed by atoms with Gasteiger partial charge in [0.15, 0.2) is 17.2 Å². The monoisotopic (exact) mass is 498 g/mol. The van der Waals surface area contributed by atoms with Crippen molar-refractivity contribution in [1.29, 1.82) is 0 Å². The molecule has 0 amide bonds. The summed E-state index contributed by atoms with van der Waals surface area (Å²) in [5.41, 5.74) is -0.885. The Hall–Kier alpha value is -2.90. The van der Waals surface area contributed by atoms with Gasteiger partial charge in [-0.3, -0.25) is 0 Å². The molecule has 1 aliphatic heterocycles. The Morgan fingerprint density at radius 2 is 1.66 bits per heavy atom. The molecule has 1 aliphatic carbocycles. The van der Waals surface area contributed by atoms with Crippen molar-refractivity contribution in [2.75, 3.05) is 6.61 Å². The molecular formula is C23H30O12. The number of benzene rings is 1. The van der Waals surface area contributed by atoms with Crippen molar-refractivity contribution in [3.8, 4) is 17.2 Å². The molecule has 1 aromatic rings. The Kier molecular flexibility index (Phi) is 7.92. The highest BCUT2D eigenvalue weighted by Gasteiger charge is 2.46. The molecule has 0 spiro atoms. The summed E-state index contributed by atoms with van der Waals surface area (Å²) >= 11 is 0. The highest BCUT2D eigenvalue weighted by Crippen LogP contribution is 2.36. The molecule has 35 heavy (non-hydrogen) atoms. The minimum Gasteiger partial charge on any atom is -0.504 e. The van der Waals surface area contributed by atoms with E-state index in [1.165, 1.54) is 0 Å². The third kappa shape index (κ3) is 6.03. The van der Waals surface area contributed by atoms with Crippen molar-refractivity contribution in [3.63, 3.8) is 0 Å². The van der Waals surface area contributed by atoms with Gasteiger partial charge in [-0.15, -0.1) is 0 Å². The lowest BCUT2D eigenvalue weighted by molar-refractivity contribution is -0.286. The lowest BCUT2D eigenvalue weighted by atomic mass is 9.79. The van der Waals surface area contributed by atoms with Gasteiger partial charge < -0.3 is 50.0 Å². The molecule has 12 heteroatoms. The number of aliphatic hydroxyl groups is 4. The van der Waals surface area contributed by atoms with Gasteiger partial charge in [0.05, 0.1) is 11.2 Å². The topological polar surface area (TPSA) is 203 Å². The quantitative estimate of drug-likeness (QED) is 0.201. The molecule has 6 atom stereocenters. The van der Waals surface area contributed by atoms with E-state index in [2.05, 4.69) is 0 Å². The summed E-state index contributed by atoms with van der Waals surface area (Å²) in [4.78, 5) is 24.8. The van der Waals surface area contributed by atoms with Gasteiger partial charge in [0.25, 0.3) is 0 Å². The largest absolute Gasteiger partial charge is 0.504 e. The zero-order valence-electron chi connectivity index (χ0n) is 19.2. The second kappa shape index (κ2) is 10.4. The molecule has 3 rings (SSSR count). The average molecular weight is 498 g/mol. The van der Waals surface area contributed by atoms with Crippen molar-refractivity contribution in [2.24, 2.45) is 5.92 Å². The number of aliphatic hydroxyl groups excluding tert-OH is 3. The summed E-state index contributed by atoms with van der Waals surface area (Å²) in [7, 11) is 0. The van der Waals surface area contributed by atoms with Gasteiger partial charge in [-0.25, -0.2) is 9.59 Å². The Bertz CT molecular complexity index is 958. The minimum absolute atomic E-state index is 0.00737. The molecule has 12 nitrogen and oxygen atoms in total. The van der Waals surface area contributed by atoms with Crippen molar-refractivity contribution in [1.82, 2.24) is 0 Å². The van der Waals surface area contributed by atoms with E-state index in [9.17, 15) is 45.3 Å². The van der Waals surface area contributed by atoms with Crippen LogP contribution in [-0.2, 0) is 19.0 Å². The highest BCUT2D eigenvalue weighted by molar-refractivity contribution is 5.91. The lowest BCUT2D eigenvalue weighted by Crippen LogP contribution is -2.59. The zero-order chi connectivity index (χ0) is 26.1. The molecule has 1 heterocycles. The average Bonchev–Trinajstić information content (AvgIpc) is 2.81.